The molecule has 0 aromatic heterocycles. The van der Waals surface area contributed by atoms with E-state index in [0.717, 1.165) is 0 Å². The molecule has 0 saturated heterocycles. The predicted octanol–water partition coefficient (Wildman–Crippen LogP) is 1.56. The molecule has 0 aliphatic carbocycles. The Morgan fingerprint density at radius 1 is 0.889 bits per heavy atom. The fourth-order valence-electron chi connectivity index (χ4n) is 0.748. The number of hydrogen-bond acceptors (Lipinski definition) is 6. The molecule has 0 aliphatic heterocycles. The molecular weight excluding hydrogens is 272 g/mol. The number of ether oxygens (including phenoxy) is 2. The average Bonchev–Trinajstić information content (AvgIpc) is 2.33. The summed E-state index contributed by atoms with van der Waals surface area (Å²) in [4.78, 5) is 0. The van der Waals surface area contributed by atoms with Gasteiger partial charge in [0.05, 0.1) is 24.6 Å². The van der Waals surface area contributed by atoms with Gasteiger partial charge in [-0.25, -0.2) is 10.9 Å². The summed E-state index contributed by atoms with van der Waals surface area (Å²) in [5.74, 6) is 0. The molecule has 0 spiro atoms. The van der Waals surface area contributed by atoms with Crippen LogP contribution in [0, 0.1) is 0 Å². The van der Waals surface area contributed by atoms with Gasteiger partial charge >= 0.3 is 0 Å². The molecule has 102 valence electrons. The van der Waals surface area contributed by atoms with Crippen molar-refractivity contribution in [3.63, 3.8) is 0 Å². The minimum Gasteiger partial charge on any atom is -0.470 e. The SMILES string of the molecule is CCOC(=S)N/N=C(C)/C(C)=N/NC(=S)OCC. The van der Waals surface area contributed by atoms with Crippen LogP contribution in [-0.2, 0) is 9.47 Å². The van der Waals surface area contributed by atoms with Gasteiger partial charge in [-0.1, -0.05) is 0 Å². The van der Waals surface area contributed by atoms with E-state index in [0.29, 0.717) is 24.6 Å². The van der Waals surface area contributed by atoms with Gasteiger partial charge in [-0.15, -0.1) is 0 Å². The minimum atomic E-state index is 0.224. The Bertz CT molecular complexity index is 322. The van der Waals surface area contributed by atoms with Crippen molar-refractivity contribution in [3.8, 4) is 0 Å². The quantitative estimate of drug-likeness (QED) is 0.455. The van der Waals surface area contributed by atoms with E-state index in [2.05, 4.69) is 21.1 Å². The fraction of sp³-hybridized carbons (Fsp3) is 0.600. The van der Waals surface area contributed by atoms with E-state index in [-0.39, 0.29) is 10.3 Å². The Morgan fingerprint density at radius 3 is 1.50 bits per heavy atom. The fourth-order valence-corrected chi connectivity index (χ4v) is 1.07. The first kappa shape index (κ1) is 16.7. The molecule has 0 unspecified atom stereocenters. The van der Waals surface area contributed by atoms with Gasteiger partial charge < -0.3 is 9.47 Å². The smallest absolute Gasteiger partial charge is 0.277 e. The molecule has 0 heterocycles. The summed E-state index contributed by atoms with van der Waals surface area (Å²) in [5, 5.41) is 8.47. The van der Waals surface area contributed by atoms with Crippen LogP contribution >= 0.6 is 24.4 Å². The Morgan fingerprint density at radius 2 is 1.22 bits per heavy atom. The Labute approximate surface area is 118 Å². The number of hydrogen-bond donors (Lipinski definition) is 2. The van der Waals surface area contributed by atoms with Gasteiger partial charge in [0, 0.05) is 0 Å². The van der Waals surface area contributed by atoms with E-state index >= 15 is 0 Å². The lowest BCUT2D eigenvalue weighted by molar-refractivity contribution is 0.321. The largest absolute Gasteiger partial charge is 0.470 e. The molecule has 0 aromatic carbocycles. The lowest BCUT2D eigenvalue weighted by atomic mass is 10.3. The Kier molecular flexibility index (Phi) is 9.03. The van der Waals surface area contributed by atoms with Crippen LogP contribution in [0.1, 0.15) is 27.7 Å². The van der Waals surface area contributed by atoms with Crippen LogP contribution in [0.4, 0.5) is 0 Å². The summed E-state index contributed by atoms with van der Waals surface area (Å²) in [6, 6.07) is 0. The van der Waals surface area contributed by atoms with Crippen molar-refractivity contribution in [2.75, 3.05) is 13.2 Å². The molecule has 0 atom stereocenters. The third-order valence-corrected chi connectivity index (χ3v) is 2.12. The summed E-state index contributed by atoms with van der Waals surface area (Å²) in [6.07, 6.45) is 0. The first-order valence-electron chi connectivity index (χ1n) is 5.45. The first-order valence-corrected chi connectivity index (χ1v) is 6.27. The van der Waals surface area contributed by atoms with Crippen molar-refractivity contribution >= 4 is 46.2 Å². The van der Waals surface area contributed by atoms with Crippen LogP contribution in [0.3, 0.4) is 0 Å². The van der Waals surface area contributed by atoms with E-state index in [4.69, 9.17) is 33.9 Å². The zero-order chi connectivity index (χ0) is 14.0. The molecule has 2 N–H and O–H groups in total. The first-order chi connectivity index (χ1) is 8.51. The van der Waals surface area contributed by atoms with Gasteiger partial charge in [0.2, 0.25) is 0 Å². The Hall–Kier alpha value is -1.28. The highest BCUT2D eigenvalue weighted by atomic mass is 32.1. The van der Waals surface area contributed by atoms with Crippen molar-refractivity contribution in [2.24, 2.45) is 10.2 Å². The third-order valence-electron chi connectivity index (χ3n) is 1.70. The summed E-state index contributed by atoms with van der Waals surface area (Å²) < 4.78 is 10.0. The standard InChI is InChI=1S/C10H18N4O2S2/c1-5-15-9(17)13-11-7(3)8(4)12-14-10(18)16-6-2/h5-6H2,1-4H3,(H,13,17)(H,14,18)/b11-7+,12-8+. The second-order valence-corrected chi connectivity index (χ2v) is 3.80. The van der Waals surface area contributed by atoms with Crippen molar-refractivity contribution in [1.82, 2.24) is 10.9 Å². The normalized spacial score (nSPS) is 11.8. The molecule has 0 aliphatic rings. The van der Waals surface area contributed by atoms with Gasteiger partial charge in [-0.2, -0.15) is 10.2 Å². The van der Waals surface area contributed by atoms with Gasteiger partial charge in [-0.05, 0) is 52.1 Å². The maximum Gasteiger partial charge on any atom is 0.277 e. The van der Waals surface area contributed by atoms with E-state index in [1.807, 2.05) is 13.8 Å². The van der Waals surface area contributed by atoms with Crippen molar-refractivity contribution in [1.29, 1.82) is 0 Å². The summed E-state index contributed by atoms with van der Waals surface area (Å²) in [7, 11) is 0. The highest BCUT2D eigenvalue weighted by Crippen LogP contribution is 1.85. The van der Waals surface area contributed by atoms with Gasteiger partial charge in [0.1, 0.15) is 0 Å². The third kappa shape index (κ3) is 7.91. The summed E-state index contributed by atoms with van der Waals surface area (Å²) in [5.41, 5.74) is 6.52. The molecule has 0 fully saturated rings. The number of nitrogens with zero attached hydrogens (tertiary/aromatic N) is 2. The molecular formula is C10H18N4O2S2. The molecule has 0 aromatic rings. The van der Waals surface area contributed by atoms with E-state index in [1.165, 1.54) is 0 Å². The topological polar surface area (TPSA) is 67.2 Å². The van der Waals surface area contributed by atoms with Crippen LogP contribution in [0.25, 0.3) is 0 Å². The molecule has 18 heavy (non-hydrogen) atoms. The number of rotatable bonds is 5. The van der Waals surface area contributed by atoms with Crippen LogP contribution in [0.2, 0.25) is 0 Å². The van der Waals surface area contributed by atoms with Crippen molar-refractivity contribution in [2.45, 2.75) is 27.7 Å². The number of nitrogens with one attached hydrogen (secondary N) is 2. The predicted molar refractivity (Wildman–Crippen MR) is 80.9 cm³/mol. The van der Waals surface area contributed by atoms with Gasteiger partial charge in [0.25, 0.3) is 10.3 Å². The van der Waals surface area contributed by atoms with Crippen LogP contribution in [-0.4, -0.2) is 35.0 Å². The summed E-state index contributed by atoms with van der Waals surface area (Å²) >= 11 is 9.72. The van der Waals surface area contributed by atoms with Crippen LogP contribution in [0.5, 0.6) is 0 Å². The zero-order valence-corrected chi connectivity index (χ0v) is 12.6. The minimum absolute atomic E-state index is 0.224. The van der Waals surface area contributed by atoms with Gasteiger partial charge in [-0.3, -0.25) is 0 Å². The lowest BCUT2D eigenvalue weighted by Crippen LogP contribution is -2.24. The zero-order valence-electron chi connectivity index (χ0n) is 10.9. The second kappa shape index (κ2) is 9.72. The highest BCUT2D eigenvalue weighted by Gasteiger charge is 1.99. The molecule has 0 saturated carbocycles. The highest BCUT2D eigenvalue weighted by molar-refractivity contribution is 7.80. The second-order valence-electron chi connectivity index (χ2n) is 3.06. The van der Waals surface area contributed by atoms with E-state index < -0.39 is 0 Å². The maximum absolute atomic E-state index is 5.02. The Balaban J connectivity index is 4.26. The lowest BCUT2D eigenvalue weighted by Gasteiger charge is -2.06. The van der Waals surface area contributed by atoms with Crippen molar-refractivity contribution < 1.29 is 9.47 Å². The van der Waals surface area contributed by atoms with Gasteiger partial charge in [0.15, 0.2) is 0 Å². The number of hydrazone groups is 2. The molecule has 8 heteroatoms. The molecule has 0 radical (unpaired) electrons. The van der Waals surface area contributed by atoms with Crippen LogP contribution < -0.4 is 10.9 Å². The maximum atomic E-state index is 5.02. The average molecular weight is 290 g/mol. The van der Waals surface area contributed by atoms with Crippen LogP contribution in [0.15, 0.2) is 10.2 Å². The summed E-state index contributed by atoms with van der Waals surface area (Å²) in [6.45, 7) is 8.25. The molecule has 0 bridgehead atoms. The molecule has 0 amide bonds. The van der Waals surface area contributed by atoms with E-state index in [9.17, 15) is 0 Å². The van der Waals surface area contributed by atoms with E-state index in [1.54, 1.807) is 13.8 Å². The molecule has 6 nitrogen and oxygen atoms in total. The van der Waals surface area contributed by atoms with Crippen molar-refractivity contribution in [3.05, 3.63) is 0 Å². The number of thiocarbonyl (C=S) groups is 2. The molecule has 0 rings (SSSR count). The monoisotopic (exact) mass is 290 g/mol.